The summed E-state index contributed by atoms with van der Waals surface area (Å²) in [6.07, 6.45) is 1.87. The van der Waals surface area contributed by atoms with E-state index in [9.17, 15) is 4.79 Å². The number of aryl methyl sites for hydroxylation is 1. The summed E-state index contributed by atoms with van der Waals surface area (Å²) in [5.74, 6) is 0.650. The third-order valence-corrected chi connectivity index (χ3v) is 6.28. The number of nitrogens with zero attached hydrogens (tertiary/aromatic N) is 1. The Hall–Kier alpha value is -3.83. The van der Waals surface area contributed by atoms with Gasteiger partial charge in [-0.25, -0.2) is 4.99 Å². The first kappa shape index (κ1) is 21.0. The van der Waals surface area contributed by atoms with Crippen molar-refractivity contribution >= 4 is 45.4 Å². The fourth-order valence-corrected chi connectivity index (χ4v) is 4.45. The zero-order chi connectivity index (χ0) is 22.6. The topological polar surface area (TPSA) is 50.7 Å². The van der Waals surface area contributed by atoms with Gasteiger partial charge in [-0.05, 0) is 70.9 Å². The SMILES string of the molecule is Cc1ccc(N=C2NC(=O)/C(=C\c3ccc(OCc4cccc5ccccc45)cc3)S2)cc1. The summed E-state index contributed by atoms with van der Waals surface area (Å²) in [5.41, 5.74) is 4.07. The first-order chi connectivity index (χ1) is 16.1. The van der Waals surface area contributed by atoms with Crippen LogP contribution in [0.2, 0.25) is 0 Å². The van der Waals surface area contributed by atoms with Gasteiger partial charge in [0.1, 0.15) is 12.4 Å². The molecule has 4 aromatic rings. The summed E-state index contributed by atoms with van der Waals surface area (Å²) in [7, 11) is 0. The molecule has 162 valence electrons. The molecule has 1 aliphatic heterocycles. The van der Waals surface area contributed by atoms with E-state index in [1.807, 2.05) is 73.7 Å². The molecule has 0 bridgehead atoms. The van der Waals surface area contributed by atoms with Crippen LogP contribution in [-0.4, -0.2) is 11.1 Å². The van der Waals surface area contributed by atoms with Crippen molar-refractivity contribution in [1.82, 2.24) is 5.32 Å². The van der Waals surface area contributed by atoms with Gasteiger partial charge in [0.05, 0.1) is 10.6 Å². The number of amidine groups is 1. The monoisotopic (exact) mass is 450 g/mol. The van der Waals surface area contributed by atoms with Crippen molar-refractivity contribution in [3.63, 3.8) is 0 Å². The summed E-state index contributed by atoms with van der Waals surface area (Å²) < 4.78 is 6.01. The molecule has 5 heteroatoms. The summed E-state index contributed by atoms with van der Waals surface area (Å²) in [6.45, 7) is 2.53. The van der Waals surface area contributed by atoms with Gasteiger partial charge in [-0.1, -0.05) is 72.3 Å². The van der Waals surface area contributed by atoms with Crippen LogP contribution in [0.3, 0.4) is 0 Å². The molecular formula is C28H22N2O2S. The predicted octanol–water partition coefficient (Wildman–Crippen LogP) is 6.62. The Morgan fingerprint density at radius 1 is 0.909 bits per heavy atom. The van der Waals surface area contributed by atoms with Crippen molar-refractivity contribution in [3.8, 4) is 5.75 Å². The highest BCUT2D eigenvalue weighted by molar-refractivity contribution is 8.18. The summed E-state index contributed by atoms with van der Waals surface area (Å²) in [4.78, 5) is 17.5. The van der Waals surface area contributed by atoms with Crippen LogP contribution in [0.4, 0.5) is 5.69 Å². The molecule has 1 fully saturated rings. The lowest BCUT2D eigenvalue weighted by atomic mass is 10.1. The maximum Gasteiger partial charge on any atom is 0.264 e. The zero-order valence-corrected chi connectivity index (χ0v) is 18.9. The molecule has 0 radical (unpaired) electrons. The Kier molecular flexibility index (Phi) is 5.96. The second-order valence-corrected chi connectivity index (χ2v) is 8.84. The molecule has 5 rings (SSSR count). The fourth-order valence-electron chi connectivity index (χ4n) is 3.61. The van der Waals surface area contributed by atoms with Gasteiger partial charge in [-0.2, -0.15) is 0 Å². The number of ether oxygens (including phenoxy) is 1. The molecule has 1 aliphatic rings. The van der Waals surface area contributed by atoms with E-state index in [4.69, 9.17) is 4.74 Å². The number of carbonyl (C=O) groups excluding carboxylic acids is 1. The quantitative estimate of drug-likeness (QED) is 0.348. The molecule has 0 atom stereocenters. The Bertz CT molecular complexity index is 1370. The number of thioether (sulfide) groups is 1. The number of aliphatic imine (C=N–C) groups is 1. The van der Waals surface area contributed by atoms with Crippen LogP contribution < -0.4 is 10.1 Å². The molecule has 0 spiro atoms. The van der Waals surface area contributed by atoms with Crippen LogP contribution in [0.25, 0.3) is 16.8 Å². The highest BCUT2D eigenvalue weighted by Gasteiger charge is 2.23. The lowest BCUT2D eigenvalue weighted by Gasteiger charge is -2.09. The summed E-state index contributed by atoms with van der Waals surface area (Å²) in [5, 5.41) is 5.83. The van der Waals surface area contributed by atoms with E-state index in [1.165, 1.54) is 28.1 Å². The van der Waals surface area contributed by atoms with Crippen LogP contribution in [0, 0.1) is 6.92 Å². The minimum absolute atomic E-state index is 0.137. The third kappa shape index (κ3) is 4.99. The summed E-state index contributed by atoms with van der Waals surface area (Å²) >= 11 is 1.34. The van der Waals surface area contributed by atoms with Gasteiger partial charge in [0, 0.05) is 0 Å². The van der Waals surface area contributed by atoms with E-state index in [2.05, 4.69) is 40.6 Å². The van der Waals surface area contributed by atoms with Crippen molar-refractivity contribution < 1.29 is 9.53 Å². The fraction of sp³-hybridized carbons (Fsp3) is 0.0714. The van der Waals surface area contributed by atoms with Crippen LogP contribution >= 0.6 is 11.8 Å². The van der Waals surface area contributed by atoms with Crippen LogP contribution in [-0.2, 0) is 11.4 Å². The van der Waals surface area contributed by atoms with Gasteiger partial charge < -0.3 is 10.1 Å². The number of carbonyl (C=O) groups is 1. The van der Waals surface area contributed by atoms with Gasteiger partial charge >= 0.3 is 0 Å². The molecule has 1 heterocycles. The Morgan fingerprint density at radius 2 is 1.67 bits per heavy atom. The Balaban J connectivity index is 1.25. The largest absolute Gasteiger partial charge is 0.489 e. The lowest BCUT2D eigenvalue weighted by molar-refractivity contribution is -0.115. The summed E-state index contributed by atoms with van der Waals surface area (Å²) in [6, 6.07) is 30.2. The molecule has 1 amide bonds. The van der Waals surface area contributed by atoms with Gasteiger partial charge in [-0.15, -0.1) is 0 Å². The minimum atomic E-state index is -0.137. The van der Waals surface area contributed by atoms with Gasteiger partial charge in [-0.3, -0.25) is 4.79 Å². The van der Waals surface area contributed by atoms with Crippen molar-refractivity contribution in [2.45, 2.75) is 13.5 Å². The van der Waals surface area contributed by atoms with Crippen molar-refractivity contribution in [2.24, 2.45) is 4.99 Å². The molecular weight excluding hydrogens is 428 g/mol. The van der Waals surface area contributed by atoms with Crippen molar-refractivity contribution in [3.05, 3.63) is 113 Å². The normalized spacial score (nSPS) is 15.8. The third-order valence-electron chi connectivity index (χ3n) is 5.37. The van der Waals surface area contributed by atoms with Crippen LogP contribution in [0.15, 0.2) is 101 Å². The minimum Gasteiger partial charge on any atom is -0.489 e. The molecule has 0 aliphatic carbocycles. The number of hydrogen-bond donors (Lipinski definition) is 1. The Labute approximate surface area is 197 Å². The van der Waals surface area contributed by atoms with E-state index in [1.54, 1.807) is 0 Å². The van der Waals surface area contributed by atoms with E-state index in [0.29, 0.717) is 16.7 Å². The number of fused-ring (bicyclic) bond motifs is 1. The standard InChI is InChI=1S/C28H22N2O2S/c1-19-9-13-23(14-10-19)29-28-30-27(31)26(33-28)17-20-11-15-24(16-12-20)32-18-22-7-4-6-21-5-2-3-8-25(21)22/h2-17H,18H2,1H3,(H,29,30,31)/b26-17+. The van der Waals surface area contributed by atoms with E-state index >= 15 is 0 Å². The van der Waals surface area contributed by atoms with Crippen molar-refractivity contribution in [1.29, 1.82) is 0 Å². The zero-order valence-electron chi connectivity index (χ0n) is 18.1. The van der Waals surface area contributed by atoms with Gasteiger partial charge in [0.25, 0.3) is 5.91 Å². The highest BCUT2D eigenvalue weighted by Crippen LogP contribution is 2.29. The molecule has 0 aromatic heterocycles. The molecule has 1 N–H and O–H groups in total. The average Bonchev–Trinajstić information content (AvgIpc) is 3.18. The smallest absolute Gasteiger partial charge is 0.264 e. The molecule has 4 nitrogen and oxygen atoms in total. The average molecular weight is 451 g/mol. The number of hydrogen-bond acceptors (Lipinski definition) is 4. The van der Waals surface area contributed by atoms with Crippen molar-refractivity contribution in [2.75, 3.05) is 0 Å². The van der Waals surface area contributed by atoms with E-state index in [0.717, 1.165) is 22.6 Å². The van der Waals surface area contributed by atoms with Crippen LogP contribution in [0.1, 0.15) is 16.7 Å². The molecule has 4 aromatic carbocycles. The number of rotatable bonds is 5. The van der Waals surface area contributed by atoms with Gasteiger partial charge in [0.15, 0.2) is 5.17 Å². The molecule has 0 saturated carbocycles. The molecule has 1 saturated heterocycles. The number of nitrogens with one attached hydrogen (secondary N) is 1. The lowest BCUT2D eigenvalue weighted by Crippen LogP contribution is -2.19. The molecule has 0 unspecified atom stereocenters. The van der Waals surface area contributed by atoms with E-state index in [-0.39, 0.29) is 5.91 Å². The maximum absolute atomic E-state index is 12.4. The van der Waals surface area contributed by atoms with Gasteiger partial charge in [0.2, 0.25) is 0 Å². The highest BCUT2D eigenvalue weighted by atomic mass is 32.2. The number of benzene rings is 4. The number of amides is 1. The predicted molar refractivity (Wildman–Crippen MR) is 137 cm³/mol. The second kappa shape index (κ2) is 9.35. The maximum atomic E-state index is 12.4. The first-order valence-corrected chi connectivity index (χ1v) is 11.5. The molecule has 33 heavy (non-hydrogen) atoms. The van der Waals surface area contributed by atoms with Crippen LogP contribution in [0.5, 0.6) is 5.75 Å². The Morgan fingerprint density at radius 3 is 2.48 bits per heavy atom. The second-order valence-electron chi connectivity index (χ2n) is 7.81. The van der Waals surface area contributed by atoms with E-state index < -0.39 is 0 Å². The first-order valence-electron chi connectivity index (χ1n) is 10.7.